The lowest BCUT2D eigenvalue weighted by molar-refractivity contribution is 0.247. The molecule has 0 atom stereocenters. The van der Waals surface area contributed by atoms with E-state index in [0.29, 0.717) is 37.4 Å². The van der Waals surface area contributed by atoms with Crippen LogP contribution in [0.15, 0.2) is 14.4 Å². The van der Waals surface area contributed by atoms with E-state index < -0.39 is 42.8 Å². The fourth-order valence-corrected chi connectivity index (χ4v) is 7.92. The van der Waals surface area contributed by atoms with Gasteiger partial charge in [0.1, 0.15) is 0 Å². The van der Waals surface area contributed by atoms with E-state index in [9.17, 15) is 14.4 Å². The normalized spacial score (nSPS) is 12.9. The van der Waals surface area contributed by atoms with Crippen LogP contribution in [0, 0.1) is 0 Å². The first-order valence-corrected chi connectivity index (χ1v) is 19.7. The summed E-state index contributed by atoms with van der Waals surface area (Å²) in [5.41, 5.74) is -1.82. The van der Waals surface area contributed by atoms with Gasteiger partial charge in [-0.1, -0.05) is 0 Å². The number of nitrogens with zero attached hydrogens (tertiary/aromatic N) is 3. The lowest BCUT2D eigenvalue weighted by Crippen LogP contribution is -2.55. The Hall–Kier alpha value is -1.18. The predicted molar refractivity (Wildman–Crippen MR) is 144 cm³/mol. The molecule has 210 valence electrons. The maximum absolute atomic E-state index is 13.3. The van der Waals surface area contributed by atoms with E-state index in [-0.39, 0.29) is 19.6 Å². The Morgan fingerprint density at radius 3 is 0.833 bits per heavy atom. The highest BCUT2D eigenvalue weighted by molar-refractivity contribution is 6.66. The summed E-state index contributed by atoms with van der Waals surface area (Å²) in [5, 5.41) is 0. The van der Waals surface area contributed by atoms with Crippen LogP contribution in [0.5, 0.6) is 0 Å². The van der Waals surface area contributed by atoms with Gasteiger partial charge in [-0.3, -0.25) is 0 Å². The first-order chi connectivity index (χ1) is 16.9. The second-order valence-corrected chi connectivity index (χ2v) is 20.0. The molecular weight excluding hydrogens is 523 g/mol. The van der Waals surface area contributed by atoms with Gasteiger partial charge in [0.2, 0.25) is 0 Å². The molecule has 1 aromatic heterocycles. The Kier molecular flexibility index (Phi) is 13.4. The number of hydrogen-bond donors (Lipinski definition) is 0. The van der Waals surface area contributed by atoms with E-state index in [4.69, 9.17) is 26.6 Å². The Morgan fingerprint density at radius 2 is 0.667 bits per heavy atom. The van der Waals surface area contributed by atoms with Gasteiger partial charge in [-0.25, -0.2) is 28.1 Å². The third-order valence-corrected chi connectivity index (χ3v) is 16.0. The molecule has 1 heterocycles. The van der Waals surface area contributed by atoms with Gasteiger partial charge in [0.15, 0.2) is 0 Å². The van der Waals surface area contributed by atoms with E-state index in [1.165, 1.54) is 0 Å². The van der Waals surface area contributed by atoms with E-state index in [1.54, 1.807) is 42.7 Å². The molecule has 0 bridgehead atoms. The zero-order chi connectivity index (χ0) is 27.6. The first-order valence-electron chi connectivity index (χ1n) is 12.1. The predicted octanol–water partition coefficient (Wildman–Crippen LogP) is 1.44. The van der Waals surface area contributed by atoms with Crippen molar-refractivity contribution in [3.63, 3.8) is 0 Å². The molecule has 0 aliphatic heterocycles. The van der Waals surface area contributed by atoms with Crippen LogP contribution in [0.2, 0.25) is 37.8 Å². The van der Waals surface area contributed by atoms with E-state index in [1.807, 2.05) is 19.6 Å². The first kappa shape index (κ1) is 32.8. The zero-order valence-electron chi connectivity index (χ0n) is 23.4. The van der Waals surface area contributed by atoms with Crippen molar-refractivity contribution < 1.29 is 26.6 Å². The molecule has 0 radical (unpaired) electrons. The molecule has 1 rings (SSSR count). The molecule has 0 saturated heterocycles. The van der Waals surface area contributed by atoms with Crippen molar-refractivity contribution in [1.82, 2.24) is 13.7 Å². The molecule has 0 amide bonds. The molecule has 15 heteroatoms. The molecule has 0 unspecified atom stereocenters. The summed E-state index contributed by atoms with van der Waals surface area (Å²) in [6.07, 6.45) is 1.53. The van der Waals surface area contributed by atoms with Gasteiger partial charge in [-0.2, -0.15) is 0 Å². The molecule has 1 aromatic rings. The Labute approximate surface area is 216 Å². The highest BCUT2D eigenvalue weighted by atomic mass is 28.4. The third kappa shape index (κ3) is 8.70. The Balaban J connectivity index is 3.30. The minimum Gasteiger partial charge on any atom is -0.398 e. The molecule has 0 aliphatic rings. The smallest absolute Gasteiger partial charge is 0.336 e. The second-order valence-electron chi connectivity index (χ2n) is 9.24. The van der Waals surface area contributed by atoms with Crippen LogP contribution in [-0.4, -0.2) is 82.0 Å². The van der Waals surface area contributed by atoms with Crippen LogP contribution in [-0.2, 0) is 46.2 Å². The highest BCUT2D eigenvalue weighted by Gasteiger charge is 2.30. The van der Waals surface area contributed by atoms with Gasteiger partial charge in [0, 0.05) is 62.3 Å². The van der Waals surface area contributed by atoms with Gasteiger partial charge in [0.25, 0.3) is 0 Å². The highest BCUT2D eigenvalue weighted by Crippen LogP contribution is 2.16. The van der Waals surface area contributed by atoms with Crippen LogP contribution < -0.4 is 17.1 Å². The molecule has 0 N–H and O–H groups in total. The molecule has 0 aliphatic carbocycles. The fourth-order valence-electron chi connectivity index (χ4n) is 3.79. The number of rotatable bonds is 18. The van der Waals surface area contributed by atoms with Crippen molar-refractivity contribution >= 4 is 25.7 Å². The van der Waals surface area contributed by atoms with Crippen LogP contribution in [0.3, 0.4) is 0 Å². The Morgan fingerprint density at radius 1 is 0.472 bits per heavy atom. The third-order valence-electron chi connectivity index (χ3n) is 7.01. The topological polar surface area (TPSA) is 121 Å². The largest absolute Gasteiger partial charge is 0.398 e. The summed E-state index contributed by atoms with van der Waals surface area (Å²) in [6.45, 7) is 6.27. The van der Waals surface area contributed by atoms with Gasteiger partial charge >= 0.3 is 42.8 Å². The quantitative estimate of drug-likeness (QED) is 0.243. The van der Waals surface area contributed by atoms with E-state index in [0.717, 1.165) is 13.7 Å². The zero-order valence-corrected chi connectivity index (χ0v) is 26.4. The van der Waals surface area contributed by atoms with Gasteiger partial charge in [-0.15, -0.1) is 0 Å². The van der Waals surface area contributed by atoms with Crippen molar-refractivity contribution in [1.29, 1.82) is 0 Å². The van der Waals surface area contributed by atoms with Crippen LogP contribution in [0.1, 0.15) is 19.3 Å². The lowest BCUT2D eigenvalue weighted by atomic mass is 10.4. The SMILES string of the molecule is CO[Si](C)(CCCn1c(=O)n(CCC[Si](C)(OC)OC)c(=O)n(CCC[Si](C)(OC)OC)c1=O)OC. The van der Waals surface area contributed by atoms with Gasteiger partial charge in [-0.05, 0) is 57.0 Å². The summed E-state index contributed by atoms with van der Waals surface area (Å²) in [7, 11) is 2.51. The van der Waals surface area contributed by atoms with Crippen molar-refractivity contribution in [3.05, 3.63) is 31.5 Å². The molecule has 0 aromatic carbocycles. The maximum Gasteiger partial charge on any atom is 0.336 e. The van der Waals surface area contributed by atoms with Crippen LogP contribution in [0.25, 0.3) is 0 Å². The van der Waals surface area contributed by atoms with Crippen LogP contribution in [0.4, 0.5) is 0 Å². The molecule has 0 fully saturated rings. The summed E-state index contributed by atoms with van der Waals surface area (Å²) >= 11 is 0. The summed E-state index contributed by atoms with van der Waals surface area (Å²) in [4.78, 5) is 39.8. The van der Waals surface area contributed by atoms with Gasteiger partial charge < -0.3 is 26.6 Å². The molecule has 36 heavy (non-hydrogen) atoms. The van der Waals surface area contributed by atoms with Crippen LogP contribution >= 0.6 is 0 Å². The summed E-state index contributed by atoms with van der Waals surface area (Å²) in [6, 6.07) is 1.80. The fraction of sp³-hybridized carbons (Fsp3) is 0.857. The van der Waals surface area contributed by atoms with Crippen molar-refractivity contribution in [3.8, 4) is 0 Å². The van der Waals surface area contributed by atoms with Crippen molar-refractivity contribution in [2.24, 2.45) is 0 Å². The molecule has 0 spiro atoms. The lowest BCUT2D eigenvalue weighted by Gasteiger charge is -2.24. The Bertz CT molecular complexity index is 829. The van der Waals surface area contributed by atoms with E-state index in [2.05, 4.69) is 0 Å². The average Bonchev–Trinajstić information content (AvgIpc) is 2.89. The molecule has 0 saturated carbocycles. The average molecular weight is 568 g/mol. The van der Waals surface area contributed by atoms with Gasteiger partial charge in [0.05, 0.1) is 0 Å². The monoisotopic (exact) mass is 567 g/mol. The molecular formula is C21H45N3O9Si3. The minimum atomic E-state index is -2.36. The summed E-state index contributed by atoms with van der Waals surface area (Å²) < 4.78 is 36.5. The van der Waals surface area contributed by atoms with Crippen molar-refractivity contribution in [2.75, 3.05) is 42.7 Å². The standard InChI is InChI=1S/C21H45N3O9Si3/c1-28-34(7,29-2)16-10-13-22-19(25)23(14-11-17-35(8,30-3)31-4)21(27)24(20(22)26)15-12-18-36(9,32-5)33-6/h10-18H2,1-9H3. The van der Waals surface area contributed by atoms with Crippen molar-refractivity contribution in [2.45, 2.75) is 76.7 Å². The van der Waals surface area contributed by atoms with E-state index >= 15 is 0 Å². The summed E-state index contributed by atoms with van der Waals surface area (Å²) in [5.74, 6) is 0. The minimum absolute atomic E-state index is 0.165. The molecule has 12 nitrogen and oxygen atoms in total. The second kappa shape index (κ2) is 14.7. The number of aromatic nitrogens is 3. The number of hydrogen-bond acceptors (Lipinski definition) is 9. The maximum atomic E-state index is 13.3.